The molecule has 1 aliphatic carbocycles. The summed E-state index contributed by atoms with van der Waals surface area (Å²) in [4.78, 5) is 7.44. The summed E-state index contributed by atoms with van der Waals surface area (Å²) in [6.07, 6.45) is 0. The van der Waals surface area contributed by atoms with Crippen molar-refractivity contribution in [3.8, 4) is 33.7 Å². The van der Waals surface area contributed by atoms with Gasteiger partial charge in [0.2, 0.25) is 5.89 Å². The lowest BCUT2D eigenvalue weighted by atomic mass is 9.82. The van der Waals surface area contributed by atoms with Gasteiger partial charge in [0.15, 0.2) is 5.58 Å². The van der Waals surface area contributed by atoms with E-state index in [9.17, 15) is 0 Å². The van der Waals surface area contributed by atoms with Crippen LogP contribution in [0.25, 0.3) is 55.6 Å². The van der Waals surface area contributed by atoms with Crippen LogP contribution in [-0.4, -0.2) is 4.98 Å². The van der Waals surface area contributed by atoms with Gasteiger partial charge in [0.25, 0.3) is 0 Å². The van der Waals surface area contributed by atoms with Crippen LogP contribution in [0.5, 0.6) is 0 Å². The van der Waals surface area contributed by atoms with E-state index in [4.69, 9.17) is 9.40 Å². The summed E-state index contributed by atoms with van der Waals surface area (Å²) in [6, 6.07) is 56.0. The highest BCUT2D eigenvalue weighted by atomic mass is 16.3. The van der Waals surface area contributed by atoms with Crippen LogP contribution in [0.15, 0.2) is 162 Å². The predicted molar refractivity (Wildman–Crippen MR) is 195 cm³/mol. The van der Waals surface area contributed by atoms with E-state index in [-0.39, 0.29) is 5.41 Å². The molecule has 1 heterocycles. The Hall–Kier alpha value is -5.93. The van der Waals surface area contributed by atoms with E-state index in [1.165, 1.54) is 33.4 Å². The molecule has 0 saturated carbocycles. The quantitative estimate of drug-likeness (QED) is 0.196. The van der Waals surface area contributed by atoms with Crippen LogP contribution in [0.1, 0.15) is 25.0 Å². The lowest BCUT2D eigenvalue weighted by Crippen LogP contribution is -2.16. The second-order valence-electron chi connectivity index (χ2n) is 12.8. The second-order valence-corrected chi connectivity index (χ2v) is 12.8. The average molecular weight is 605 g/mol. The largest absolute Gasteiger partial charge is 0.435 e. The van der Waals surface area contributed by atoms with Crippen LogP contribution in [-0.2, 0) is 5.41 Å². The molecular formula is C44H32N2O. The number of rotatable bonds is 5. The molecule has 3 heteroatoms. The molecule has 7 aromatic carbocycles. The zero-order valence-electron chi connectivity index (χ0n) is 26.3. The van der Waals surface area contributed by atoms with E-state index in [0.29, 0.717) is 5.89 Å². The number of oxazole rings is 1. The number of hydrogen-bond donors (Lipinski definition) is 0. The monoisotopic (exact) mass is 604 g/mol. The molecule has 0 spiro atoms. The van der Waals surface area contributed by atoms with E-state index in [0.717, 1.165) is 44.5 Å². The zero-order valence-corrected chi connectivity index (χ0v) is 26.3. The molecule has 0 unspecified atom stereocenters. The fraction of sp³-hybridized carbons (Fsp3) is 0.0682. The van der Waals surface area contributed by atoms with Crippen molar-refractivity contribution in [2.24, 2.45) is 0 Å². The minimum atomic E-state index is -0.123. The minimum absolute atomic E-state index is 0.123. The van der Waals surface area contributed by atoms with Gasteiger partial charge in [0.05, 0.1) is 5.69 Å². The van der Waals surface area contributed by atoms with Gasteiger partial charge >= 0.3 is 0 Å². The van der Waals surface area contributed by atoms with Crippen molar-refractivity contribution in [2.45, 2.75) is 19.3 Å². The van der Waals surface area contributed by atoms with Gasteiger partial charge in [0, 0.05) is 33.1 Å². The molecule has 8 aromatic rings. The lowest BCUT2D eigenvalue weighted by Gasteiger charge is -2.29. The van der Waals surface area contributed by atoms with Gasteiger partial charge in [-0.2, -0.15) is 0 Å². The first kappa shape index (κ1) is 27.4. The Morgan fingerprint density at radius 1 is 0.511 bits per heavy atom. The summed E-state index contributed by atoms with van der Waals surface area (Å²) >= 11 is 0. The van der Waals surface area contributed by atoms with Gasteiger partial charge in [0.1, 0.15) is 5.52 Å². The summed E-state index contributed by atoms with van der Waals surface area (Å²) in [5, 5.41) is 2.14. The molecule has 1 aliphatic rings. The van der Waals surface area contributed by atoms with Crippen molar-refractivity contribution in [3.05, 3.63) is 169 Å². The van der Waals surface area contributed by atoms with E-state index < -0.39 is 0 Å². The van der Waals surface area contributed by atoms with Gasteiger partial charge < -0.3 is 9.32 Å². The number of hydrogen-bond acceptors (Lipinski definition) is 3. The van der Waals surface area contributed by atoms with Gasteiger partial charge in [-0.3, -0.25) is 0 Å². The highest BCUT2D eigenvalue weighted by Gasteiger charge is 2.36. The summed E-state index contributed by atoms with van der Waals surface area (Å²) in [5.74, 6) is 0.623. The maximum atomic E-state index is 6.48. The topological polar surface area (TPSA) is 29.3 Å². The number of nitrogens with zero attached hydrogens (tertiary/aromatic N) is 2. The van der Waals surface area contributed by atoms with Crippen molar-refractivity contribution in [3.63, 3.8) is 0 Å². The molecule has 9 rings (SSSR count). The number of anilines is 3. The van der Waals surface area contributed by atoms with E-state index in [1.54, 1.807) is 0 Å². The van der Waals surface area contributed by atoms with Crippen molar-refractivity contribution in [1.82, 2.24) is 4.98 Å². The third-order valence-corrected chi connectivity index (χ3v) is 9.67. The number of fused-ring (bicyclic) bond motifs is 6. The van der Waals surface area contributed by atoms with Crippen molar-refractivity contribution >= 4 is 38.9 Å². The van der Waals surface area contributed by atoms with Gasteiger partial charge in [-0.05, 0) is 75.8 Å². The predicted octanol–water partition coefficient (Wildman–Crippen LogP) is 12.1. The molecule has 3 nitrogen and oxygen atoms in total. The lowest BCUT2D eigenvalue weighted by molar-refractivity contribution is 0.623. The molecule has 47 heavy (non-hydrogen) atoms. The summed E-state index contributed by atoms with van der Waals surface area (Å²) in [6.45, 7) is 4.67. The van der Waals surface area contributed by atoms with Crippen molar-refractivity contribution in [2.75, 3.05) is 4.90 Å². The van der Waals surface area contributed by atoms with Gasteiger partial charge in [-0.15, -0.1) is 0 Å². The summed E-state index contributed by atoms with van der Waals surface area (Å²) in [5.41, 5.74) is 13.4. The molecular weight excluding hydrogens is 572 g/mol. The molecule has 0 saturated heterocycles. The first-order valence-corrected chi connectivity index (χ1v) is 16.1. The summed E-state index contributed by atoms with van der Waals surface area (Å²) in [7, 11) is 0. The Labute approximate surface area is 274 Å². The number of benzene rings is 7. The van der Waals surface area contributed by atoms with Gasteiger partial charge in [-0.25, -0.2) is 4.98 Å². The third-order valence-electron chi connectivity index (χ3n) is 9.67. The first-order chi connectivity index (χ1) is 23.1. The normalized spacial score (nSPS) is 13.1. The highest BCUT2D eigenvalue weighted by molar-refractivity contribution is 6.12. The maximum Gasteiger partial charge on any atom is 0.227 e. The van der Waals surface area contributed by atoms with Crippen molar-refractivity contribution in [1.29, 1.82) is 0 Å². The van der Waals surface area contributed by atoms with E-state index in [1.807, 2.05) is 30.3 Å². The number of aromatic nitrogens is 1. The molecule has 0 amide bonds. The molecule has 0 fully saturated rings. The first-order valence-electron chi connectivity index (χ1n) is 16.1. The SMILES string of the molecule is CC1(C)c2ccccc2-c2ccc(N(c3cccc(-c4ccccc4)c3)c3cc4nc(-c5ccccc5)oc4c4ccccc34)cc21. The van der Waals surface area contributed by atoms with Crippen LogP contribution in [0, 0.1) is 0 Å². The minimum Gasteiger partial charge on any atom is -0.435 e. The van der Waals surface area contributed by atoms with Crippen LogP contribution in [0.3, 0.4) is 0 Å². The molecule has 224 valence electrons. The Morgan fingerprint density at radius 3 is 1.96 bits per heavy atom. The van der Waals surface area contributed by atoms with Crippen LogP contribution in [0.2, 0.25) is 0 Å². The zero-order chi connectivity index (χ0) is 31.5. The van der Waals surface area contributed by atoms with Crippen LogP contribution < -0.4 is 4.90 Å². The molecule has 0 atom stereocenters. The van der Waals surface area contributed by atoms with Crippen molar-refractivity contribution < 1.29 is 4.42 Å². The maximum absolute atomic E-state index is 6.48. The van der Waals surface area contributed by atoms with E-state index >= 15 is 0 Å². The molecule has 0 aliphatic heterocycles. The Kier molecular flexibility index (Phi) is 6.16. The molecule has 0 bridgehead atoms. The Morgan fingerprint density at radius 2 is 1.15 bits per heavy atom. The highest BCUT2D eigenvalue weighted by Crippen LogP contribution is 2.51. The second kappa shape index (κ2) is 10.6. The fourth-order valence-corrected chi connectivity index (χ4v) is 7.34. The molecule has 0 radical (unpaired) electrons. The van der Waals surface area contributed by atoms with Gasteiger partial charge in [-0.1, -0.05) is 129 Å². The average Bonchev–Trinajstić information content (AvgIpc) is 3.66. The molecule has 1 aromatic heterocycles. The fourth-order valence-electron chi connectivity index (χ4n) is 7.34. The standard InChI is InChI=1S/C44H32N2O/c1-44(2)38-23-12-11-20-34(38)35-25-24-33(27-39(35)44)46(32-19-13-18-31(26-32)29-14-5-3-6-15-29)41-28-40-42(37-22-10-9-21-36(37)41)47-43(45-40)30-16-7-4-8-17-30/h3-28H,1-2H3. The van der Waals surface area contributed by atoms with Crippen LogP contribution >= 0.6 is 0 Å². The Bertz CT molecular complexity index is 2440. The van der Waals surface area contributed by atoms with Crippen LogP contribution in [0.4, 0.5) is 17.1 Å². The third kappa shape index (κ3) is 4.39. The smallest absolute Gasteiger partial charge is 0.227 e. The molecule has 0 N–H and O–H groups in total. The van der Waals surface area contributed by atoms with E-state index in [2.05, 4.69) is 146 Å². The Balaban J connectivity index is 1.30. The summed E-state index contributed by atoms with van der Waals surface area (Å²) < 4.78 is 6.48.